The lowest BCUT2D eigenvalue weighted by Gasteiger charge is -2.09. The molecule has 30 heavy (non-hydrogen) atoms. The van der Waals surface area contributed by atoms with E-state index in [-0.39, 0.29) is 12.5 Å². The standard InChI is InChI=1S/C24H22N2O4/c1-17-8-6-13-22(18(17)2)29-16-23(27)26-25-15-19-9-7-12-21(14-19)30-24(28)20-10-4-3-5-11-20/h3-15H,16H2,1-2H3,(H,26,27). The van der Waals surface area contributed by atoms with Crippen LogP contribution in [0.25, 0.3) is 0 Å². The third-order valence-corrected chi connectivity index (χ3v) is 4.39. The van der Waals surface area contributed by atoms with Crippen LogP contribution >= 0.6 is 0 Å². The van der Waals surface area contributed by atoms with Crippen LogP contribution in [0.2, 0.25) is 0 Å². The molecule has 0 aromatic heterocycles. The molecule has 0 saturated carbocycles. The quantitative estimate of drug-likeness (QED) is 0.280. The van der Waals surface area contributed by atoms with Gasteiger partial charge in [-0.25, -0.2) is 10.2 Å². The summed E-state index contributed by atoms with van der Waals surface area (Å²) in [6, 6.07) is 21.3. The normalized spacial score (nSPS) is 10.6. The Morgan fingerprint density at radius 3 is 2.53 bits per heavy atom. The minimum Gasteiger partial charge on any atom is -0.483 e. The van der Waals surface area contributed by atoms with Crippen molar-refractivity contribution in [2.24, 2.45) is 5.10 Å². The Kier molecular flexibility index (Phi) is 6.95. The molecule has 3 aromatic carbocycles. The highest BCUT2D eigenvalue weighted by atomic mass is 16.5. The van der Waals surface area contributed by atoms with E-state index in [0.717, 1.165) is 11.1 Å². The van der Waals surface area contributed by atoms with Gasteiger partial charge in [0, 0.05) is 0 Å². The Labute approximate surface area is 175 Å². The van der Waals surface area contributed by atoms with Crippen LogP contribution in [-0.4, -0.2) is 24.7 Å². The van der Waals surface area contributed by atoms with Crippen molar-refractivity contribution in [1.82, 2.24) is 5.43 Å². The summed E-state index contributed by atoms with van der Waals surface area (Å²) in [5, 5.41) is 3.93. The summed E-state index contributed by atoms with van der Waals surface area (Å²) in [6.07, 6.45) is 1.47. The maximum atomic E-state index is 12.1. The molecule has 0 aliphatic carbocycles. The molecule has 0 aliphatic rings. The first kappa shape index (κ1) is 20.8. The monoisotopic (exact) mass is 402 g/mol. The van der Waals surface area contributed by atoms with Crippen LogP contribution in [0.5, 0.6) is 11.5 Å². The molecular formula is C24H22N2O4. The van der Waals surface area contributed by atoms with Gasteiger partial charge >= 0.3 is 5.97 Å². The van der Waals surface area contributed by atoms with Crippen LogP contribution in [0.1, 0.15) is 27.0 Å². The first-order chi connectivity index (χ1) is 14.5. The summed E-state index contributed by atoms with van der Waals surface area (Å²) >= 11 is 0. The van der Waals surface area contributed by atoms with Gasteiger partial charge in [-0.15, -0.1) is 0 Å². The predicted octanol–water partition coefficient (Wildman–Crippen LogP) is 4.05. The van der Waals surface area contributed by atoms with Gasteiger partial charge in [-0.05, 0) is 60.9 Å². The lowest BCUT2D eigenvalue weighted by atomic mass is 10.1. The number of esters is 1. The highest BCUT2D eigenvalue weighted by Crippen LogP contribution is 2.20. The van der Waals surface area contributed by atoms with Gasteiger partial charge < -0.3 is 9.47 Å². The van der Waals surface area contributed by atoms with Crippen LogP contribution < -0.4 is 14.9 Å². The number of hydrazone groups is 1. The largest absolute Gasteiger partial charge is 0.483 e. The maximum absolute atomic E-state index is 12.1. The lowest BCUT2D eigenvalue weighted by molar-refractivity contribution is -0.123. The van der Waals surface area contributed by atoms with E-state index in [4.69, 9.17) is 9.47 Å². The molecule has 1 amide bonds. The van der Waals surface area contributed by atoms with E-state index >= 15 is 0 Å². The van der Waals surface area contributed by atoms with Gasteiger partial charge in [-0.1, -0.05) is 42.5 Å². The zero-order valence-electron chi connectivity index (χ0n) is 16.8. The minimum atomic E-state index is -0.443. The van der Waals surface area contributed by atoms with Crippen LogP contribution in [0.4, 0.5) is 0 Å². The zero-order chi connectivity index (χ0) is 21.3. The van der Waals surface area contributed by atoms with Crippen molar-refractivity contribution in [3.63, 3.8) is 0 Å². The summed E-state index contributed by atoms with van der Waals surface area (Å²) in [4.78, 5) is 24.1. The number of rotatable bonds is 7. The van der Waals surface area contributed by atoms with Gasteiger partial charge in [0.1, 0.15) is 11.5 Å². The van der Waals surface area contributed by atoms with E-state index in [0.29, 0.717) is 22.6 Å². The van der Waals surface area contributed by atoms with Crippen molar-refractivity contribution < 1.29 is 19.1 Å². The Morgan fingerprint density at radius 1 is 0.967 bits per heavy atom. The van der Waals surface area contributed by atoms with Gasteiger partial charge in [0.05, 0.1) is 11.8 Å². The second-order valence-corrected chi connectivity index (χ2v) is 6.61. The summed E-state index contributed by atoms with van der Waals surface area (Å²) in [5.74, 6) is 0.236. The smallest absolute Gasteiger partial charge is 0.343 e. The van der Waals surface area contributed by atoms with Gasteiger partial charge in [-0.3, -0.25) is 4.79 Å². The Balaban J connectivity index is 1.52. The van der Waals surface area contributed by atoms with Crippen LogP contribution in [0.3, 0.4) is 0 Å². The Morgan fingerprint density at radius 2 is 1.73 bits per heavy atom. The number of ether oxygens (including phenoxy) is 2. The summed E-state index contributed by atoms with van der Waals surface area (Å²) < 4.78 is 10.9. The van der Waals surface area contributed by atoms with Crippen molar-refractivity contribution in [1.29, 1.82) is 0 Å². The molecule has 0 saturated heterocycles. The average molecular weight is 402 g/mol. The van der Waals surface area contributed by atoms with Gasteiger partial charge in [0.15, 0.2) is 6.61 Å². The van der Waals surface area contributed by atoms with Gasteiger partial charge in [-0.2, -0.15) is 5.10 Å². The van der Waals surface area contributed by atoms with Gasteiger partial charge in [0.2, 0.25) is 0 Å². The molecule has 0 spiro atoms. The number of aryl methyl sites for hydroxylation is 1. The van der Waals surface area contributed by atoms with Crippen LogP contribution in [0.15, 0.2) is 77.9 Å². The summed E-state index contributed by atoms with van der Waals surface area (Å²) in [5.41, 5.74) is 5.65. The van der Waals surface area contributed by atoms with E-state index in [2.05, 4.69) is 10.5 Å². The average Bonchev–Trinajstić information content (AvgIpc) is 2.76. The molecule has 0 heterocycles. The summed E-state index contributed by atoms with van der Waals surface area (Å²) in [6.45, 7) is 3.78. The van der Waals surface area contributed by atoms with E-state index in [1.54, 1.807) is 48.5 Å². The topological polar surface area (TPSA) is 77.0 Å². The number of hydrogen-bond donors (Lipinski definition) is 1. The van der Waals surface area contributed by atoms with Crippen molar-refractivity contribution in [2.45, 2.75) is 13.8 Å². The molecule has 3 rings (SSSR count). The molecule has 0 atom stereocenters. The van der Waals surface area contributed by atoms with Crippen molar-refractivity contribution in [2.75, 3.05) is 6.61 Å². The fourth-order valence-electron chi connectivity index (χ4n) is 2.63. The number of nitrogens with one attached hydrogen (secondary N) is 1. The third kappa shape index (κ3) is 5.78. The molecule has 0 unspecified atom stereocenters. The summed E-state index contributed by atoms with van der Waals surface area (Å²) in [7, 11) is 0. The lowest BCUT2D eigenvalue weighted by Crippen LogP contribution is -2.24. The molecule has 0 aliphatic heterocycles. The number of carbonyl (C=O) groups excluding carboxylic acids is 2. The fraction of sp³-hybridized carbons (Fsp3) is 0.125. The van der Waals surface area contributed by atoms with E-state index in [9.17, 15) is 9.59 Å². The zero-order valence-corrected chi connectivity index (χ0v) is 16.8. The number of carbonyl (C=O) groups is 2. The highest BCUT2D eigenvalue weighted by molar-refractivity contribution is 5.91. The second kappa shape index (κ2) is 10.0. The molecule has 1 N–H and O–H groups in total. The first-order valence-electron chi connectivity index (χ1n) is 9.41. The minimum absolute atomic E-state index is 0.142. The first-order valence-corrected chi connectivity index (χ1v) is 9.41. The third-order valence-electron chi connectivity index (χ3n) is 4.39. The Bertz CT molecular complexity index is 1060. The van der Waals surface area contributed by atoms with Gasteiger partial charge in [0.25, 0.3) is 5.91 Å². The maximum Gasteiger partial charge on any atom is 0.343 e. The molecule has 0 fully saturated rings. The number of benzene rings is 3. The predicted molar refractivity (Wildman–Crippen MR) is 115 cm³/mol. The molecule has 152 valence electrons. The fourth-order valence-corrected chi connectivity index (χ4v) is 2.63. The van der Waals surface area contributed by atoms with E-state index in [1.165, 1.54) is 6.21 Å². The molecule has 0 radical (unpaired) electrons. The number of nitrogens with zero attached hydrogens (tertiary/aromatic N) is 1. The molecule has 0 bridgehead atoms. The number of hydrogen-bond acceptors (Lipinski definition) is 5. The SMILES string of the molecule is Cc1cccc(OCC(=O)NN=Cc2cccc(OC(=O)c3ccccc3)c2)c1C. The molecule has 6 heteroatoms. The molecular weight excluding hydrogens is 380 g/mol. The number of amides is 1. The Hall–Kier alpha value is -3.93. The highest BCUT2D eigenvalue weighted by Gasteiger charge is 2.08. The van der Waals surface area contributed by atoms with Crippen molar-refractivity contribution >= 4 is 18.1 Å². The van der Waals surface area contributed by atoms with Crippen molar-refractivity contribution in [3.8, 4) is 11.5 Å². The van der Waals surface area contributed by atoms with Crippen LogP contribution in [-0.2, 0) is 4.79 Å². The van der Waals surface area contributed by atoms with E-state index < -0.39 is 5.97 Å². The molecule has 6 nitrogen and oxygen atoms in total. The van der Waals surface area contributed by atoms with E-state index in [1.807, 2.05) is 38.1 Å². The second-order valence-electron chi connectivity index (χ2n) is 6.61. The van der Waals surface area contributed by atoms with Crippen LogP contribution in [0, 0.1) is 13.8 Å². The van der Waals surface area contributed by atoms with Crippen molar-refractivity contribution in [3.05, 3.63) is 95.1 Å². The molecule has 3 aromatic rings.